The Kier molecular flexibility index (Phi) is 7.10. The van der Waals surface area contributed by atoms with Crippen molar-refractivity contribution >= 4 is 23.2 Å². The molecule has 1 aliphatic heterocycles. The molecule has 2 heterocycles. The standard InChI is InChI=1S/C26H29N5O2/c1-18-24(26(33)30-22-8-4-3-5-9-22)15-27-25(28-18)21-7-6-14-31(17-21)16-20-10-12-23(13-11-20)29-19(2)32/h3-5,8-13,15,21H,6-7,14,16-17H2,1-2H3,(H,29,32)(H,30,33). The third-order valence-corrected chi connectivity index (χ3v) is 5.83. The van der Waals surface area contributed by atoms with Crippen LogP contribution in [0, 0.1) is 6.92 Å². The number of aromatic nitrogens is 2. The van der Waals surface area contributed by atoms with Crippen molar-refractivity contribution in [3.05, 3.63) is 83.4 Å². The third-order valence-electron chi connectivity index (χ3n) is 5.83. The van der Waals surface area contributed by atoms with Gasteiger partial charge in [0.2, 0.25) is 5.91 Å². The fraction of sp³-hybridized carbons (Fsp3) is 0.308. The first-order valence-corrected chi connectivity index (χ1v) is 11.3. The lowest BCUT2D eigenvalue weighted by molar-refractivity contribution is -0.114. The van der Waals surface area contributed by atoms with Crippen LogP contribution in [0.2, 0.25) is 0 Å². The maximum Gasteiger partial charge on any atom is 0.259 e. The highest BCUT2D eigenvalue weighted by molar-refractivity contribution is 6.04. The van der Waals surface area contributed by atoms with Gasteiger partial charge in [-0.25, -0.2) is 9.97 Å². The summed E-state index contributed by atoms with van der Waals surface area (Å²) in [5.74, 6) is 0.774. The molecule has 0 saturated carbocycles. The Labute approximate surface area is 194 Å². The van der Waals surface area contributed by atoms with Crippen molar-refractivity contribution in [1.29, 1.82) is 0 Å². The molecule has 1 unspecified atom stereocenters. The Bertz CT molecular complexity index is 1120. The number of rotatable bonds is 6. The molecular formula is C26H29N5O2. The summed E-state index contributed by atoms with van der Waals surface area (Å²) < 4.78 is 0. The number of likely N-dealkylation sites (tertiary alicyclic amines) is 1. The number of para-hydroxylation sites is 1. The average Bonchev–Trinajstić information content (AvgIpc) is 2.81. The fourth-order valence-corrected chi connectivity index (χ4v) is 4.19. The van der Waals surface area contributed by atoms with Crippen LogP contribution >= 0.6 is 0 Å². The summed E-state index contributed by atoms with van der Waals surface area (Å²) in [6.07, 6.45) is 3.76. The summed E-state index contributed by atoms with van der Waals surface area (Å²) in [7, 11) is 0. The van der Waals surface area contributed by atoms with Crippen LogP contribution in [-0.4, -0.2) is 39.8 Å². The molecule has 3 aromatic rings. The molecule has 0 aliphatic carbocycles. The lowest BCUT2D eigenvalue weighted by Crippen LogP contribution is -2.34. The van der Waals surface area contributed by atoms with Gasteiger partial charge in [0.25, 0.3) is 5.91 Å². The van der Waals surface area contributed by atoms with Crippen molar-refractivity contribution in [2.24, 2.45) is 0 Å². The second-order valence-electron chi connectivity index (χ2n) is 8.50. The molecular weight excluding hydrogens is 414 g/mol. The quantitative estimate of drug-likeness (QED) is 0.591. The van der Waals surface area contributed by atoms with Gasteiger partial charge in [0.05, 0.1) is 11.3 Å². The van der Waals surface area contributed by atoms with Crippen molar-refractivity contribution in [3.63, 3.8) is 0 Å². The predicted molar refractivity (Wildman–Crippen MR) is 129 cm³/mol. The van der Waals surface area contributed by atoms with E-state index in [0.29, 0.717) is 11.3 Å². The van der Waals surface area contributed by atoms with Gasteiger partial charge in [0.15, 0.2) is 0 Å². The molecule has 0 radical (unpaired) electrons. The summed E-state index contributed by atoms with van der Waals surface area (Å²) in [5.41, 5.74) is 3.95. The number of amides is 2. The van der Waals surface area contributed by atoms with E-state index in [1.54, 1.807) is 6.20 Å². The minimum Gasteiger partial charge on any atom is -0.326 e. The number of aryl methyl sites for hydroxylation is 1. The topological polar surface area (TPSA) is 87.2 Å². The first-order chi connectivity index (χ1) is 16.0. The van der Waals surface area contributed by atoms with Crippen molar-refractivity contribution in [2.75, 3.05) is 23.7 Å². The first-order valence-electron chi connectivity index (χ1n) is 11.3. The van der Waals surface area contributed by atoms with E-state index in [-0.39, 0.29) is 17.7 Å². The maximum atomic E-state index is 12.6. The van der Waals surface area contributed by atoms with Gasteiger partial charge in [0.1, 0.15) is 5.82 Å². The monoisotopic (exact) mass is 443 g/mol. The molecule has 33 heavy (non-hydrogen) atoms. The summed E-state index contributed by atoms with van der Waals surface area (Å²) >= 11 is 0. The Morgan fingerprint density at radius 2 is 1.76 bits per heavy atom. The minimum atomic E-state index is -0.196. The minimum absolute atomic E-state index is 0.0690. The predicted octanol–water partition coefficient (Wildman–Crippen LogP) is 4.38. The fourth-order valence-electron chi connectivity index (χ4n) is 4.19. The summed E-state index contributed by atoms with van der Waals surface area (Å²) in [5, 5.41) is 5.69. The van der Waals surface area contributed by atoms with Crippen molar-refractivity contribution < 1.29 is 9.59 Å². The highest BCUT2D eigenvalue weighted by atomic mass is 16.2. The van der Waals surface area contributed by atoms with Crippen LogP contribution in [0.4, 0.5) is 11.4 Å². The van der Waals surface area contributed by atoms with Crippen molar-refractivity contribution in [2.45, 2.75) is 39.2 Å². The molecule has 0 spiro atoms. The molecule has 170 valence electrons. The molecule has 2 aromatic carbocycles. The van der Waals surface area contributed by atoms with Gasteiger partial charge in [-0.1, -0.05) is 30.3 Å². The van der Waals surface area contributed by atoms with E-state index in [2.05, 4.69) is 32.7 Å². The number of carbonyl (C=O) groups is 2. The zero-order valence-corrected chi connectivity index (χ0v) is 19.0. The highest BCUT2D eigenvalue weighted by Gasteiger charge is 2.24. The molecule has 1 fully saturated rings. The second-order valence-corrected chi connectivity index (χ2v) is 8.50. The van der Waals surface area contributed by atoms with E-state index < -0.39 is 0 Å². The average molecular weight is 444 g/mol. The smallest absolute Gasteiger partial charge is 0.259 e. The Morgan fingerprint density at radius 1 is 1.03 bits per heavy atom. The van der Waals surface area contributed by atoms with Crippen LogP contribution in [0.25, 0.3) is 0 Å². The SMILES string of the molecule is CC(=O)Nc1ccc(CN2CCCC(c3ncc(C(=O)Nc4ccccc4)c(C)n3)C2)cc1. The van der Waals surface area contributed by atoms with Gasteiger partial charge in [-0.15, -0.1) is 0 Å². The molecule has 2 amide bonds. The molecule has 1 saturated heterocycles. The van der Waals surface area contributed by atoms with Crippen LogP contribution in [0.15, 0.2) is 60.8 Å². The Morgan fingerprint density at radius 3 is 2.45 bits per heavy atom. The van der Waals surface area contributed by atoms with E-state index in [0.717, 1.165) is 49.7 Å². The number of nitrogens with one attached hydrogen (secondary N) is 2. The molecule has 4 rings (SSSR count). The van der Waals surface area contributed by atoms with E-state index in [4.69, 9.17) is 4.98 Å². The lowest BCUT2D eigenvalue weighted by atomic mass is 9.96. The molecule has 7 heteroatoms. The van der Waals surface area contributed by atoms with E-state index in [9.17, 15) is 9.59 Å². The number of nitrogens with zero attached hydrogens (tertiary/aromatic N) is 3. The third kappa shape index (κ3) is 6.02. The zero-order chi connectivity index (χ0) is 23.2. The number of benzene rings is 2. The summed E-state index contributed by atoms with van der Waals surface area (Å²) in [6.45, 7) is 6.12. The second kappa shape index (κ2) is 10.4. The maximum absolute atomic E-state index is 12.6. The van der Waals surface area contributed by atoms with Crippen LogP contribution in [0.5, 0.6) is 0 Å². The molecule has 1 aromatic heterocycles. The number of carbonyl (C=O) groups excluding carboxylic acids is 2. The van der Waals surface area contributed by atoms with Gasteiger partial charge >= 0.3 is 0 Å². The van der Waals surface area contributed by atoms with E-state index in [1.807, 2.05) is 49.4 Å². The van der Waals surface area contributed by atoms with Crippen LogP contribution in [0.3, 0.4) is 0 Å². The van der Waals surface area contributed by atoms with Gasteiger partial charge in [-0.2, -0.15) is 0 Å². The zero-order valence-electron chi connectivity index (χ0n) is 19.0. The van der Waals surface area contributed by atoms with Crippen LogP contribution in [-0.2, 0) is 11.3 Å². The Balaban J connectivity index is 1.39. The van der Waals surface area contributed by atoms with E-state index in [1.165, 1.54) is 12.5 Å². The highest BCUT2D eigenvalue weighted by Crippen LogP contribution is 2.26. The molecule has 1 atom stereocenters. The lowest BCUT2D eigenvalue weighted by Gasteiger charge is -2.32. The number of hydrogen-bond donors (Lipinski definition) is 2. The van der Waals surface area contributed by atoms with Crippen LogP contribution < -0.4 is 10.6 Å². The first kappa shape index (κ1) is 22.6. The van der Waals surface area contributed by atoms with Gasteiger partial charge < -0.3 is 10.6 Å². The van der Waals surface area contributed by atoms with Crippen molar-refractivity contribution in [1.82, 2.24) is 14.9 Å². The van der Waals surface area contributed by atoms with Gasteiger partial charge in [-0.05, 0) is 56.1 Å². The normalized spacial score (nSPS) is 16.2. The molecule has 7 nitrogen and oxygen atoms in total. The Hall–Kier alpha value is -3.58. The number of hydrogen-bond acceptors (Lipinski definition) is 5. The van der Waals surface area contributed by atoms with Crippen molar-refractivity contribution in [3.8, 4) is 0 Å². The molecule has 2 N–H and O–H groups in total. The molecule has 0 bridgehead atoms. The number of piperidine rings is 1. The van der Waals surface area contributed by atoms with Gasteiger partial charge in [0, 0.05) is 43.5 Å². The summed E-state index contributed by atoms with van der Waals surface area (Å²) in [6, 6.07) is 17.4. The van der Waals surface area contributed by atoms with E-state index >= 15 is 0 Å². The largest absolute Gasteiger partial charge is 0.326 e. The van der Waals surface area contributed by atoms with Gasteiger partial charge in [-0.3, -0.25) is 14.5 Å². The number of anilines is 2. The van der Waals surface area contributed by atoms with Crippen LogP contribution in [0.1, 0.15) is 53.1 Å². The molecule has 1 aliphatic rings. The summed E-state index contributed by atoms with van der Waals surface area (Å²) in [4.78, 5) is 35.5.